The Balaban J connectivity index is 2.09. The molecule has 2 aromatic rings. The molecule has 0 saturated heterocycles. The Labute approximate surface area is 111 Å². The summed E-state index contributed by atoms with van der Waals surface area (Å²) in [6, 6.07) is 8.71. The third kappa shape index (κ3) is 3.20. The molecule has 1 heterocycles. The second-order valence-electron chi connectivity index (χ2n) is 4.52. The summed E-state index contributed by atoms with van der Waals surface area (Å²) in [6.07, 6.45) is 3.32. The average Bonchev–Trinajstić information content (AvgIpc) is 2.92. The lowest BCUT2D eigenvalue weighted by molar-refractivity contribution is -0.384. The van der Waals surface area contributed by atoms with E-state index in [1.165, 1.54) is 6.07 Å². The first-order chi connectivity index (χ1) is 9.08. The molecule has 0 aliphatic rings. The van der Waals surface area contributed by atoms with Crippen LogP contribution in [0.1, 0.15) is 37.1 Å². The van der Waals surface area contributed by atoms with Gasteiger partial charge in [-0.05, 0) is 25.5 Å². The Morgan fingerprint density at radius 1 is 1.21 bits per heavy atom. The van der Waals surface area contributed by atoms with E-state index in [-0.39, 0.29) is 22.7 Å². The van der Waals surface area contributed by atoms with Gasteiger partial charge < -0.3 is 9.73 Å². The van der Waals surface area contributed by atoms with Crippen molar-refractivity contribution in [2.45, 2.75) is 25.9 Å². The predicted octanol–water partition coefficient (Wildman–Crippen LogP) is 3.60. The summed E-state index contributed by atoms with van der Waals surface area (Å²) in [6.45, 7) is 4.01. The molecule has 0 amide bonds. The summed E-state index contributed by atoms with van der Waals surface area (Å²) in [5.74, 6) is 0. The van der Waals surface area contributed by atoms with Gasteiger partial charge in [0.05, 0.1) is 17.4 Å². The molecule has 0 bridgehead atoms. The van der Waals surface area contributed by atoms with Crippen LogP contribution in [0, 0.1) is 10.1 Å². The number of nitrogens with one attached hydrogen (secondary N) is 1. The maximum absolute atomic E-state index is 10.8. The van der Waals surface area contributed by atoms with Crippen LogP contribution in [0.2, 0.25) is 0 Å². The molecule has 0 saturated carbocycles. The molecule has 0 fully saturated rings. The van der Waals surface area contributed by atoms with Gasteiger partial charge in [-0.25, -0.2) is 0 Å². The molecular formula is C14H16N2O3. The number of nitro benzene ring substituents is 1. The molecular weight excluding hydrogens is 244 g/mol. The third-order valence-corrected chi connectivity index (χ3v) is 3.12. The van der Waals surface area contributed by atoms with Crippen LogP contribution in [0.5, 0.6) is 0 Å². The molecule has 0 radical (unpaired) electrons. The van der Waals surface area contributed by atoms with Crippen molar-refractivity contribution in [3.8, 4) is 0 Å². The highest BCUT2D eigenvalue weighted by Gasteiger charge is 2.14. The summed E-state index contributed by atoms with van der Waals surface area (Å²) in [7, 11) is 0. The highest BCUT2D eigenvalue weighted by atomic mass is 16.6. The van der Waals surface area contributed by atoms with Crippen LogP contribution >= 0.6 is 0 Å². The zero-order valence-corrected chi connectivity index (χ0v) is 10.9. The number of hydrogen-bond acceptors (Lipinski definition) is 4. The molecule has 100 valence electrons. The van der Waals surface area contributed by atoms with Crippen molar-refractivity contribution in [3.63, 3.8) is 0 Å². The first-order valence-electron chi connectivity index (χ1n) is 6.10. The molecule has 1 N–H and O–H groups in total. The van der Waals surface area contributed by atoms with Crippen LogP contribution in [0.15, 0.2) is 47.3 Å². The van der Waals surface area contributed by atoms with E-state index in [1.54, 1.807) is 24.7 Å². The lowest BCUT2D eigenvalue weighted by Crippen LogP contribution is -2.22. The summed E-state index contributed by atoms with van der Waals surface area (Å²) in [5, 5.41) is 14.1. The van der Waals surface area contributed by atoms with Gasteiger partial charge >= 0.3 is 0 Å². The summed E-state index contributed by atoms with van der Waals surface area (Å²) >= 11 is 0. The van der Waals surface area contributed by atoms with Crippen molar-refractivity contribution < 1.29 is 9.34 Å². The van der Waals surface area contributed by atoms with Gasteiger partial charge in [-0.2, -0.15) is 0 Å². The molecule has 19 heavy (non-hydrogen) atoms. The van der Waals surface area contributed by atoms with Gasteiger partial charge in [-0.3, -0.25) is 10.1 Å². The van der Waals surface area contributed by atoms with E-state index in [0.717, 1.165) is 11.1 Å². The van der Waals surface area contributed by atoms with Gasteiger partial charge in [0.15, 0.2) is 0 Å². The molecule has 1 aromatic heterocycles. The fraction of sp³-hybridized carbons (Fsp3) is 0.286. The zero-order valence-electron chi connectivity index (χ0n) is 10.9. The fourth-order valence-corrected chi connectivity index (χ4v) is 2.00. The molecule has 0 aliphatic carbocycles. The van der Waals surface area contributed by atoms with Gasteiger partial charge in [0.25, 0.3) is 5.69 Å². The van der Waals surface area contributed by atoms with E-state index >= 15 is 0 Å². The zero-order chi connectivity index (χ0) is 13.8. The SMILES string of the molecule is CC(NC(C)c1cccc([N+](=O)[O-])c1)c1ccoc1. The number of non-ortho nitro benzene ring substituents is 1. The number of nitrogens with zero attached hydrogens (tertiary/aromatic N) is 1. The van der Waals surface area contributed by atoms with E-state index in [9.17, 15) is 10.1 Å². The van der Waals surface area contributed by atoms with E-state index in [2.05, 4.69) is 5.32 Å². The minimum absolute atomic E-state index is 0.0183. The lowest BCUT2D eigenvalue weighted by Gasteiger charge is -2.19. The van der Waals surface area contributed by atoms with Crippen molar-refractivity contribution >= 4 is 5.69 Å². The number of nitro groups is 1. The molecule has 2 atom stereocenters. The van der Waals surface area contributed by atoms with Crippen molar-refractivity contribution in [1.29, 1.82) is 0 Å². The number of benzene rings is 1. The van der Waals surface area contributed by atoms with Crippen molar-refractivity contribution in [3.05, 3.63) is 64.1 Å². The van der Waals surface area contributed by atoms with Crippen LogP contribution in [0.3, 0.4) is 0 Å². The van der Waals surface area contributed by atoms with Crippen molar-refractivity contribution in [2.75, 3.05) is 0 Å². The monoisotopic (exact) mass is 260 g/mol. The topological polar surface area (TPSA) is 68.3 Å². The lowest BCUT2D eigenvalue weighted by atomic mass is 10.1. The van der Waals surface area contributed by atoms with Crippen LogP contribution in [0.25, 0.3) is 0 Å². The van der Waals surface area contributed by atoms with Gasteiger partial charge in [0.2, 0.25) is 0 Å². The van der Waals surface area contributed by atoms with Gasteiger partial charge in [-0.15, -0.1) is 0 Å². The van der Waals surface area contributed by atoms with Crippen molar-refractivity contribution in [2.24, 2.45) is 0 Å². The first-order valence-corrected chi connectivity index (χ1v) is 6.10. The van der Waals surface area contributed by atoms with Crippen LogP contribution < -0.4 is 5.32 Å². The first kappa shape index (κ1) is 13.3. The molecule has 1 aromatic carbocycles. The average molecular weight is 260 g/mol. The minimum atomic E-state index is -0.379. The van der Waals surface area contributed by atoms with Gasteiger partial charge in [0, 0.05) is 29.8 Å². The Morgan fingerprint density at radius 3 is 2.58 bits per heavy atom. The number of hydrogen-bond donors (Lipinski definition) is 1. The van der Waals surface area contributed by atoms with E-state index in [1.807, 2.05) is 26.0 Å². The minimum Gasteiger partial charge on any atom is -0.472 e. The van der Waals surface area contributed by atoms with E-state index in [4.69, 9.17) is 4.42 Å². The van der Waals surface area contributed by atoms with Gasteiger partial charge in [-0.1, -0.05) is 12.1 Å². The Bertz CT molecular complexity index is 552. The fourth-order valence-electron chi connectivity index (χ4n) is 2.00. The molecule has 5 nitrogen and oxygen atoms in total. The molecule has 2 unspecified atom stereocenters. The maximum atomic E-state index is 10.8. The second kappa shape index (κ2) is 5.67. The van der Waals surface area contributed by atoms with Crippen LogP contribution in [-0.4, -0.2) is 4.92 Å². The largest absolute Gasteiger partial charge is 0.472 e. The van der Waals surface area contributed by atoms with E-state index < -0.39 is 0 Å². The molecule has 2 rings (SSSR count). The number of furan rings is 1. The second-order valence-corrected chi connectivity index (χ2v) is 4.52. The molecule has 0 spiro atoms. The summed E-state index contributed by atoms with van der Waals surface area (Å²) in [5.41, 5.74) is 2.06. The highest BCUT2D eigenvalue weighted by Crippen LogP contribution is 2.22. The summed E-state index contributed by atoms with van der Waals surface area (Å²) in [4.78, 5) is 10.4. The van der Waals surface area contributed by atoms with E-state index in [0.29, 0.717) is 0 Å². The molecule has 0 aliphatic heterocycles. The Hall–Kier alpha value is -2.14. The normalized spacial score (nSPS) is 14.0. The van der Waals surface area contributed by atoms with Crippen molar-refractivity contribution in [1.82, 2.24) is 5.32 Å². The smallest absolute Gasteiger partial charge is 0.269 e. The predicted molar refractivity (Wildman–Crippen MR) is 71.8 cm³/mol. The van der Waals surface area contributed by atoms with Crippen LogP contribution in [0.4, 0.5) is 5.69 Å². The standard InChI is InChI=1S/C14H16N2O3/c1-10(15-11(2)13-6-7-19-9-13)12-4-3-5-14(8-12)16(17)18/h3-11,15H,1-2H3. The Morgan fingerprint density at radius 2 is 1.95 bits per heavy atom. The van der Waals surface area contributed by atoms with Crippen LogP contribution in [-0.2, 0) is 0 Å². The van der Waals surface area contributed by atoms with Gasteiger partial charge in [0.1, 0.15) is 0 Å². The summed E-state index contributed by atoms with van der Waals surface area (Å²) < 4.78 is 5.04. The molecule has 5 heteroatoms. The highest BCUT2D eigenvalue weighted by molar-refractivity contribution is 5.35. The maximum Gasteiger partial charge on any atom is 0.269 e. The number of rotatable bonds is 5. The quantitative estimate of drug-likeness (QED) is 0.658. The third-order valence-electron chi connectivity index (χ3n) is 3.12. The Kier molecular flexibility index (Phi) is 3.97.